The number of amides is 2. The predicted molar refractivity (Wildman–Crippen MR) is 109 cm³/mol. The number of carbonyl (C=O) groups is 2. The van der Waals surface area contributed by atoms with Gasteiger partial charge in [-0.25, -0.2) is 0 Å². The van der Waals surface area contributed by atoms with Crippen molar-refractivity contribution in [3.63, 3.8) is 0 Å². The Morgan fingerprint density at radius 2 is 1.57 bits per heavy atom. The van der Waals surface area contributed by atoms with Crippen LogP contribution in [-0.2, 0) is 13.0 Å². The summed E-state index contributed by atoms with van der Waals surface area (Å²) in [6.45, 7) is 0.922. The van der Waals surface area contributed by atoms with Gasteiger partial charge in [-0.3, -0.25) is 14.5 Å². The third-order valence-corrected chi connectivity index (χ3v) is 5.11. The molecule has 0 aliphatic carbocycles. The van der Waals surface area contributed by atoms with Crippen LogP contribution in [0.2, 0.25) is 0 Å². The van der Waals surface area contributed by atoms with Crippen LogP contribution >= 0.6 is 0 Å². The van der Waals surface area contributed by atoms with Crippen LogP contribution in [0.3, 0.4) is 0 Å². The van der Waals surface area contributed by atoms with E-state index in [4.69, 9.17) is 0 Å². The molecule has 4 rings (SSSR count). The van der Waals surface area contributed by atoms with E-state index in [1.807, 2.05) is 55.4 Å². The minimum Gasteiger partial charge on any atom is -0.508 e. The first-order valence-electron chi connectivity index (χ1n) is 9.29. The van der Waals surface area contributed by atoms with Gasteiger partial charge in [0, 0.05) is 35.2 Å². The molecule has 0 atom stereocenters. The van der Waals surface area contributed by atoms with Crippen LogP contribution in [0, 0.1) is 0 Å². The monoisotopic (exact) mass is 374 g/mol. The predicted octanol–water partition coefficient (Wildman–Crippen LogP) is 3.45. The van der Waals surface area contributed by atoms with Crippen molar-refractivity contribution in [2.45, 2.75) is 13.0 Å². The molecule has 142 valence electrons. The fourth-order valence-electron chi connectivity index (χ4n) is 3.79. The normalized spacial score (nSPS) is 13.6. The van der Waals surface area contributed by atoms with Crippen LogP contribution in [0.15, 0.2) is 54.6 Å². The third-order valence-electron chi connectivity index (χ3n) is 5.11. The summed E-state index contributed by atoms with van der Waals surface area (Å²) in [7, 11) is 3.88. The molecule has 1 N–H and O–H groups in total. The van der Waals surface area contributed by atoms with Crippen molar-refractivity contribution in [3.8, 4) is 5.75 Å². The molecule has 0 radical (unpaired) electrons. The van der Waals surface area contributed by atoms with Crippen LogP contribution in [0.25, 0.3) is 10.8 Å². The summed E-state index contributed by atoms with van der Waals surface area (Å²) >= 11 is 0. The number of aromatic hydroxyl groups is 1. The summed E-state index contributed by atoms with van der Waals surface area (Å²) in [5, 5.41) is 11.7. The van der Waals surface area contributed by atoms with E-state index in [9.17, 15) is 14.7 Å². The highest BCUT2D eigenvalue weighted by molar-refractivity contribution is 6.25. The first kappa shape index (κ1) is 18.2. The average Bonchev–Trinajstić information content (AvgIpc) is 2.68. The topological polar surface area (TPSA) is 60.9 Å². The van der Waals surface area contributed by atoms with Gasteiger partial charge in [0.25, 0.3) is 11.8 Å². The maximum Gasteiger partial charge on any atom is 0.261 e. The molecule has 0 unspecified atom stereocenters. The molecule has 0 aromatic heterocycles. The molecule has 2 amide bonds. The second kappa shape index (κ2) is 7.09. The first-order chi connectivity index (χ1) is 13.5. The van der Waals surface area contributed by atoms with Gasteiger partial charge in [0.2, 0.25) is 0 Å². The molecular weight excluding hydrogens is 352 g/mol. The quantitative estimate of drug-likeness (QED) is 0.695. The molecule has 0 saturated heterocycles. The molecule has 1 aliphatic rings. The minimum absolute atomic E-state index is 0.249. The highest BCUT2D eigenvalue weighted by atomic mass is 16.3. The summed E-state index contributed by atoms with van der Waals surface area (Å²) in [6, 6.07) is 16.5. The Balaban J connectivity index is 1.60. The van der Waals surface area contributed by atoms with Crippen molar-refractivity contribution in [1.82, 2.24) is 9.80 Å². The van der Waals surface area contributed by atoms with Crippen LogP contribution in [-0.4, -0.2) is 47.4 Å². The minimum atomic E-state index is -0.249. The van der Waals surface area contributed by atoms with Gasteiger partial charge in [-0.2, -0.15) is 0 Å². The number of hydrogen-bond donors (Lipinski definition) is 1. The molecule has 0 saturated carbocycles. The lowest BCUT2D eigenvalue weighted by Gasteiger charge is -2.27. The Hall–Kier alpha value is -3.18. The number of phenolic OH excluding ortho intramolecular Hbond substituents is 1. The van der Waals surface area contributed by atoms with Gasteiger partial charge >= 0.3 is 0 Å². The number of nitrogens with zero attached hydrogens (tertiary/aromatic N) is 2. The Labute approximate surface area is 163 Å². The molecule has 0 bridgehead atoms. The zero-order valence-electron chi connectivity index (χ0n) is 16.0. The zero-order valence-corrected chi connectivity index (χ0v) is 16.0. The Kier molecular flexibility index (Phi) is 4.61. The van der Waals surface area contributed by atoms with E-state index in [1.54, 1.807) is 18.2 Å². The second-order valence-corrected chi connectivity index (χ2v) is 7.42. The van der Waals surface area contributed by atoms with Crippen LogP contribution in [0.4, 0.5) is 0 Å². The van der Waals surface area contributed by atoms with E-state index in [-0.39, 0.29) is 17.6 Å². The number of rotatable bonds is 5. The van der Waals surface area contributed by atoms with Crippen LogP contribution < -0.4 is 0 Å². The highest BCUT2D eigenvalue weighted by Gasteiger charge is 2.32. The molecule has 5 heteroatoms. The van der Waals surface area contributed by atoms with Crippen LogP contribution in [0.5, 0.6) is 5.75 Å². The summed E-state index contributed by atoms with van der Waals surface area (Å²) in [5.74, 6) is -0.244. The Morgan fingerprint density at radius 1 is 0.929 bits per heavy atom. The van der Waals surface area contributed by atoms with Crippen molar-refractivity contribution in [2.75, 3.05) is 20.6 Å². The molecular formula is C23H22N2O3. The fraction of sp³-hybridized carbons (Fsp3) is 0.217. The van der Waals surface area contributed by atoms with Gasteiger partial charge in [0.15, 0.2) is 0 Å². The summed E-state index contributed by atoms with van der Waals surface area (Å²) in [5.41, 5.74) is 2.96. The maximum absolute atomic E-state index is 13.0. The summed E-state index contributed by atoms with van der Waals surface area (Å²) in [4.78, 5) is 29.2. The molecule has 1 aliphatic heterocycles. The van der Waals surface area contributed by atoms with E-state index < -0.39 is 0 Å². The van der Waals surface area contributed by atoms with Gasteiger partial charge < -0.3 is 10.0 Å². The Bertz CT molecular complexity index is 1040. The Morgan fingerprint density at radius 3 is 2.18 bits per heavy atom. The van der Waals surface area contributed by atoms with Crippen molar-refractivity contribution in [2.24, 2.45) is 0 Å². The fourth-order valence-corrected chi connectivity index (χ4v) is 3.79. The third kappa shape index (κ3) is 3.14. The number of hydrogen-bond acceptors (Lipinski definition) is 4. The number of benzene rings is 3. The molecule has 0 spiro atoms. The lowest BCUT2D eigenvalue weighted by Crippen LogP contribution is -2.41. The highest BCUT2D eigenvalue weighted by Crippen LogP contribution is 2.30. The zero-order chi connectivity index (χ0) is 19.8. The van der Waals surface area contributed by atoms with Crippen molar-refractivity contribution >= 4 is 22.6 Å². The number of imide groups is 1. The van der Waals surface area contributed by atoms with Gasteiger partial charge in [-0.15, -0.1) is 0 Å². The van der Waals surface area contributed by atoms with Crippen LogP contribution in [0.1, 0.15) is 31.8 Å². The molecule has 28 heavy (non-hydrogen) atoms. The SMILES string of the molecule is CN(C)Cc1cc(CCN2C(=O)c3cccc4cccc(c34)C2=O)ccc1O. The molecule has 1 heterocycles. The molecule has 5 nitrogen and oxygen atoms in total. The molecule has 3 aromatic carbocycles. The summed E-state index contributed by atoms with van der Waals surface area (Å²) < 4.78 is 0. The van der Waals surface area contributed by atoms with Crippen molar-refractivity contribution in [1.29, 1.82) is 0 Å². The van der Waals surface area contributed by atoms with Crippen molar-refractivity contribution in [3.05, 3.63) is 76.9 Å². The first-order valence-corrected chi connectivity index (χ1v) is 9.29. The molecule has 0 fully saturated rings. The van der Waals surface area contributed by atoms with Gasteiger partial charge in [0.1, 0.15) is 5.75 Å². The largest absolute Gasteiger partial charge is 0.508 e. The van der Waals surface area contributed by atoms with E-state index in [2.05, 4.69) is 0 Å². The van der Waals surface area contributed by atoms with Gasteiger partial charge in [-0.1, -0.05) is 36.4 Å². The van der Waals surface area contributed by atoms with E-state index in [1.165, 1.54) is 4.90 Å². The summed E-state index contributed by atoms with van der Waals surface area (Å²) in [6.07, 6.45) is 0.538. The number of phenols is 1. The van der Waals surface area contributed by atoms with E-state index >= 15 is 0 Å². The molecule has 3 aromatic rings. The van der Waals surface area contributed by atoms with Crippen molar-refractivity contribution < 1.29 is 14.7 Å². The smallest absolute Gasteiger partial charge is 0.261 e. The second-order valence-electron chi connectivity index (χ2n) is 7.42. The van der Waals surface area contributed by atoms with E-state index in [0.29, 0.717) is 30.6 Å². The van der Waals surface area contributed by atoms with Gasteiger partial charge in [-0.05, 0) is 49.7 Å². The number of carbonyl (C=O) groups excluding carboxylic acids is 2. The lowest BCUT2D eigenvalue weighted by molar-refractivity contribution is 0.0612. The van der Waals surface area contributed by atoms with E-state index in [0.717, 1.165) is 21.9 Å². The lowest BCUT2D eigenvalue weighted by atomic mass is 9.94. The average molecular weight is 374 g/mol. The van der Waals surface area contributed by atoms with Gasteiger partial charge in [0.05, 0.1) is 0 Å². The maximum atomic E-state index is 13.0. The standard InChI is InChI=1S/C23H22N2O3/c1-24(2)14-17-13-15(9-10-20(17)26)11-12-25-22(27)18-7-3-5-16-6-4-8-19(21(16)18)23(25)28/h3-10,13,26H,11-12,14H2,1-2H3.